The number of alkyl carbamates (subject to hydrolysis) is 1. The number of amides is 2. The molecule has 2 N–H and O–H groups in total. The van der Waals surface area contributed by atoms with Crippen LogP contribution in [0, 0.1) is 0 Å². The highest BCUT2D eigenvalue weighted by Gasteiger charge is 2.02. The van der Waals surface area contributed by atoms with Crippen LogP contribution in [-0.2, 0) is 16.0 Å². The summed E-state index contributed by atoms with van der Waals surface area (Å²) in [6.45, 7) is 3.33. The fourth-order valence-corrected chi connectivity index (χ4v) is 1.86. The van der Waals surface area contributed by atoms with E-state index in [0.29, 0.717) is 26.1 Å². The number of rotatable bonds is 9. The molecular formula is C16H24N2O3. The fraction of sp³-hybridized carbons (Fsp3) is 0.500. The molecule has 0 heterocycles. The minimum Gasteiger partial charge on any atom is -0.450 e. The first-order valence-corrected chi connectivity index (χ1v) is 7.43. The van der Waals surface area contributed by atoms with Crippen LogP contribution >= 0.6 is 0 Å². The third-order valence-corrected chi connectivity index (χ3v) is 2.95. The molecule has 0 saturated carbocycles. The Morgan fingerprint density at radius 3 is 2.52 bits per heavy atom. The van der Waals surface area contributed by atoms with Crippen LogP contribution in [0.3, 0.4) is 0 Å². The van der Waals surface area contributed by atoms with Crippen molar-refractivity contribution in [1.29, 1.82) is 0 Å². The Balaban J connectivity index is 1.98. The number of hydrogen-bond acceptors (Lipinski definition) is 3. The number of ether oxygens (including phenoxy) is 1. The number of carbonyl (C=O) groups excluding carboxylic acids is 2. The van der Waals surface area contributed by atoms with Crippen molar-refractivity contribution in [2.24, 2.45) is 0 Å². The standard InChI is InChI=1S/C16H24N2O3/c1-2-21-16(20)18-12-7-6-10-15(19)17-13-11-14-8-4-3-5-9-14/h3-5,8-9H,2,6-7,10-13H2,1H3,(H,17,19)(H,18,20). The van der Waals surface area contributed by atoms with Gasteiger partial charge >= 0.3 is 6.09 Å². The largest absolute Gasteiger partial charge is 0.450 e. The molecule has 0 radical (unpaired) electrons. The molecule has 5 heteroatoms. The lowest BCUT2D eigenvalue weighted by Gasteiger charge is -2.06. The number of carbonyl (C=O) groups is 2. The minimum absolute atomic E-state index is 0.0575. The van der Waals surface area contributed by atoms with Crippen LogP contribution in [-0.4, -0.2) is 31.7 Å². The molecule has 0 fully saturated rings. The highest BCUT2D eigenvalue weighted by molar-refractivity contribution is 5.75. The van der Waals surface area contributed by atoms with Gasteiger partial charge in [-0.2, -0.15) is 0 Å². The predicted octanol–water partition coefficient (Wildman–Crippen LogP) is 2.26. The van der Waals surface area contributed by atoms with Crippen molar-refractivity contribution >= 4 is 12.0 Å². The van der Waals surface area contributed by atoms with E-state index in [0.717, 1.165) is 19.3 Å². The topological polar surface area (TPSA) is 67.4 Å². The quantitative estimate of drug-likeness (QED) is 0.686. The van der Waals surface area contributed by atoms with Crippen LogP contribution in [0.2, 0.25) is 0 Å². The van der Waals surface area contributed by atoms with E-state index in [1.165, 1.54) is 5.56 Å². The molecular weight excluding hydrogens is 268 g/mol. The summed E-state index contributed by atoms with van der Waals surface area (Å²) in [4.78, 5) is 22.6. The average Bonchev–Trinajstić information content (AvgIpc) is 2.48. The average molecular weight is 292 g/mol. The molecule has 5 nitrogen and oxygen atoms in total. The summed E-state index contributed by atoms with van der Waals surface area (Å²) in [7, 11) is 0. The van der Waals surface area contributed by atoms with Crippen LogP contribution in [0.5, 0.6) is 0 Å². The van der Waals surface area contributed by atoms with E-state index in [1.807, 2.05) is 30.3 Å². The lowest BCUT2D eigenvalue weighted by Crippen LogP contribution is -2.27. The highest BCUT2D eigenvalue weighted by Crippen LogP contribution is 1.99. The van der Waals surface area contributed by atoms with Crippen LogP contribution < -0.4 is 10.6 Å². The maximum atomic E-state index is 11.6. The first-order chi connectivity index (χ1) is 10.2. The van der Waals surface area contributed by atoms with Crippen molar-refractivity contribution in [2.45, 2.75) is 32.6 Å². The van der Waals surface area contributed by atoms with Crippen molar-refractivity contribution in [1.82, 2.24) is 10.6 Å². The molecule has 0 aliphatic heterocycles. The first-order valence-electron chi connectivity index (χ1n) is 7.43. The first kappa shape index (κ1) is 17.0. The van der Waals surface area contributed by atoms with Crippen molar-refractivity contribution in [3.8, 4) is 0 Å². The normalized spacial score (nSPS) is 9.95. The van der Waals surface area contributed by atoms with Gasteiger partial charge < -0.3 is 15.4 Å². The van der Waals surface area contributed by atoms with Crippen molar-refractivity contribution < 1.29 is 14.3 Å². The summed E-state index contributed by atoms with van der Waals surface area (Å²) in [6, 6.07) is 10.1. The Kier molecular flexibility index (Phi) is 8.68. The molecule has 116 valence electrons. The molecule has 0 atom stereocenters. The van der Waals surface area contributed by atoms with Gasteiger partial charge in [0.25, 0.3) is 0 Å². The van der Waals surface area contributed by atoms with E-state index < -0.39 is 6.09 Å². The molecule has 0 aliphatic carbocycles. The van der Waals surface area contributed by atoms with E-state index in [1.54, 1.807) is 6.92 Å². The molecule has 0 aliphatic rings. The molecule has 1 aromatic rings. The second kappa shape index (κ2) is 10.7. The van der Waals surface area contributed by atoms with Gasteiger partial charge in [-0.25, -0.2) is 4.79 Å². The molecule has 1 aromatic carbocycles. The lowest BCUT2D eigenvalue weighted by atomic mass is 10.1. The zero-order valence-corrected chi connectivity index (χ0v) is 12.6. The summed E-state index contributed by atoms with van der Waals surface area (Å²) in [5.74, 6) is 0.0575. The number of nitrogens with one attached hydrogen (secondary N) is 2. The molecule has 0 spiro atoms. The third kappa shape index (κ3) is 8.68. The van der Waals surface area contributed by atoms with Crippen LogP contribution in [0.15, 0.2) is 30.3 Å². The fourth-order valence-electron chi connectivity index (χ4n) is 1.86. The Morgan fingerprint density at radius 1 is 1.05 bits per heavy atom. The smallest absolute Gasteiger partial charge is 0.407 e. The zero-order valence-electron chi connectivity index (χ0n) is 12.6. The van der Waals surface area contributed by atoms with Gasteiger partial charge in [-0.1, -0.05) is 30.3 Å². The maximum Gasteiger partial charge on any atom is 0.407 e. The summed E-state index contributed by atoms with van der Waals surface area (Å²) < 4.78 is 4.74. The predicted molar refractivity (Wildman–Crippen MR) is 82.0 cm³/mol. The van der Waals surface area contributed by atoms with E-state index >= 15 is 0 Å². The number of benzene rings is 1. The van der Waals surface area contributed by atoms with Crippen LogP contribution in [0.1, 0.15) is 31.7 Å². The third-order valence-electron chi connectivity index (χ3n) is 2.95. The van der Waals surface area contributed by atoms with Gasteiger partial charge in [-0.05, 0) is 31.7 Å². The van der Waals surface area contributed by atoms with Crippen molar-refractivity contribution in [3.63, 3.8) is 0 Å². The Hall–Kier alpha value is -2.04. The summed E-state index contributed by atoms with van der Waals surface area (Å²) in [6.07, 6.45) is 2.45. The molecule has 1 rings (SSSR count). The van der Waals surface area contributed by atoms with Gasteiger partial charge in [0.2, 0.25) is 5.91 Å². The van der Waals surface area contributed by atoms with Gasteiger partial charge in [0, 0.05) is 19.5 Å². The summed E-state index contributed by atoms with van der Waals surface area (Å²) in [5.41, 5.74) is 1.22. The zero-order chi connectivity index (χ0) is 15.3. The second-order valence-corrected chi connectivity index (χ2v) is 4.69. The van der Waals surface area contributed by atoms with Gasteiger partial charge in [-0.15, -0.1) is 0 Å². The molecule has 0 bridgehead atoms. The maximum absolute atomic E-state index is 11.6. The minimum atomic E-state index is -0.398. The summed E-state index contributed by atoms with van der Waals surface area (Å²) in [5, 5.41) is 5.53. The van der Waals surface area contributed by atoms with E-state index in [-0.39, 0.29) is 5.91 Å². The van der Waals surface area contributed by atoms with Crippen LogP contribution in [0.25, 0.3) is 0 Å². The Morgan fingerprint density at radius 2 is 1.81 bits per heavy atom. The van der Waals surface area contributed by atoms with Gasteiger partial charge in [0.15, 0.2) is 0 Å². The molecule has 21 heavy (non-hydrogen) atoms. The van der Waals surface area contributed by atoms with Crippen molar-refractivity contribution in [3.05, 3.63) is 35.9 Å². The highest BCUT2D eigenvalue weighted by atomic mass is 16.5. The van der Waals surface area contributed by atoms with E-state index in [2.05, 4.69) is 10.6 Å². The van der Waals surface area contributed by atoms with Crippen LogP contribution in [0.4, 0.5) is 4.79 Å². The molecule has 0 saturated heterocycles. The molecule has 0 unspecified atom stereocenters. The van der Waals surface area contributed by atoms with Gasteiger partial charge in [-0.3, -0.25) is 4.79 Å². The van der Waals surface area contributed by atoms with E-state index in [4.69, 9.17) is 4.74 Å². The molecule has 2 amide bonds. The van der Waals surface area contributed by atoms with E-state index in [9.17, 15) is 9.59 Å². The number of hydrogen-bond donors (Lipinski definition) is 2. The monoisotopic (exact) mass is 292 g/mol. The van der Waals surface area contributed by atoms with Gasteiger partial charge in [0.05, 0.1) is 6.61 Å². The Labute approximate surface area is 126 Å². The SMILES string of the molecule is CCOC(=O)NCCCCC(=O)NCCc1ccccc1. The van der Waals surface area contributed by atoms with Crippen molar-refractivity contribution in [2.75, 3.05) is 19.7 Å². The number of unbranched alkanes of at least 4 members (excludes halogenated alkanes) is 1. The summed E-state index contributed by atoms with van der Waals surface area (Å²) >= 11 is 0. The second-order valence-electron chi connectivity index (χ2n) is 4.69. The molecule has 0 aromatic heterocycles. The van der Waals surface area contributed by atoms with Gasteiger partial charge in [0.1, 0.15) is 0 Å². The Bertz CT molecular complexity index is 421. The lowest BCUT2D eigenvalue weighted by molar-refractivity contribution is -0.121.